The fourth-order valence-electron chi connectivity index (χ4n) is 10.1. The van der Waals surface area contributed by atoms with Crippen molar-refractivity contribution in [3.63, 3.8) is 0 Å². The van der Waals surface area contributed by atoms with Crippen LogP contribution in [0.4, 0.5) is 0 Å². The topological polar surface area (TPSA) is 324 Å². The van der Waals surface area contributed by atoms with Gasteiger partial charge in [0, 0.05) is 0 Å². The predicted octanol–water partition coefficient (Wildman–Crippen LogP) is 9.93. The number of rotatable bonds is 21. The number of phenols is 16. The van der Waals surface area contributed by atoms with Crippen LogP contribution in [-0.2, 0) is 70.6 Å². The molecular weight excluding hydrogens is 1000 g/mol. The van der Waals surface area contributed by atoms with Crippen LogP contribution in [0.25, 0.3) is 0 Å². The average molecular weight is 1060 g/mol. The molecule has 406 valence electrons. The molecule has 0 radical (unpaired) electrons. The molecule has 0 unspecified atom stereocenters. The Kier molecular flexibility index (Phi) is 16.6. The largest absolute Gasteiger partial charge is 0.508 e. The van der Waals surface area contributed by atoms with Crippen LogP contribution in [-0.4, -0.2) is 81.7 Å². The first-order chi connectivity index (χ1) is 37.2. The van der Waals surface area contributed by atoms with Crippen LogP contribution in [0.1, 0.15) is 79.1 Å². The number of phenolic OH excluding ortho intramolecular Hbond substituents is 16. The van der Waals surface area contributed by atoms with Crippen molar-refractivity contribution in [3.8, 4) is 92.0 Å². The summed E-state index contributed by atoms with van der Waals surface area (Å²) in [5, 5.41) is 166. The molecule has 0 spiro atoms. The zero-order valence-corrected chi connectivity index (χ0v) is 42.3. The lowest BCUT2D eigenvalue weighted by Gasteiger charge is -2.29. The second kappa shape index (κ2) is 23.6. The van der Waals surface area contributed by atoms with Gasteiger partial charge in [-0.15, -0.1) is 0 Å². The molecule has 78 heavy (non-hydrogen) atoms. The maximum atomic E-state index is 11.7. The van der Waals surface area contributed by atoms with Gasteiger partial charge in [-0.05, 0) is 228 Å². The molecule has 2 atom stereocenters. The summed E-state index contributed by atoms with van der Waals surface area (Å²) in [4.78, 5) is 0. The Bertz CT molecular complexity index is 3390. The van der Waals surface area contributed by atoms with Crippen LogP contribution < -0.4 is 0 Å². The average Bonchev–Trinajstić information content (AvgIpc) is 3.41. The van der Waals surface area contributed by atoms with Crippen molar-refractivity contribution in [2.75, 3.05) is 0 Å². The smallest absolute Gasteiger partial charge is 0.200 e. The number of aromatic hydroxyl groups is 16. The van der Waals surface area contributed by atoms with Gasteiger partial charge in [0.15, 0.2) is 69.0 Å². The lowest BCUT2D eigenvalue weighted by Crippen LogP contribution is -2.20. The van der Waals surface area contributed by atoms with Gasteiger partial charge in [0.2, 0.25) is 0 Å². The summed E-state index contributed by atoms with van der Waals surface area (Å²) < 4.78 is 0. The maximum absolute atomic E-state index is 11.7. The van der Waals surface area contributed by atoms with Crippen LogP contribution in [0.3, 0.4) is 0 Å². The summed E-state index contributed by atoms with van der Waals surface area (Å²) in [5.74, 6) is -6.81. The van der Waals surface area contributed by atoms with E-state index in [0.29, 0.717) is 122 Å². The highest BCUT2D eigenvalue weighted by Crippen LogP contribution is 2.42. The summed E-state index contributed by atoms with van der Waals surface area (Å²) in [7, 11) is 0. The normalized spacial score (nSPS) is 12.2. The summed E-state index contributed by atoms with van der Waals surface area (Å²) in [5.41, 5.74) is 7.63. The quantitative estimate of drug-likeness (QED) is 0.0298. The van der Waals surface area contributed by atoms with E-state index in [2.05, 4.69) is 0 Å². The zero-order chi connectivity index (χ0) is 55.9. The van der Waals surface area contributed by atoms with Crippen molar-refractivity contribution in [2.45, 2.75) is 83.0 Å². The first-order valence-electron chi connectivity index (χ1n) is 25.4. The van der Waals surface area contributed by atoms with Crippen molar-refractivity contribution in [1.29, 1.82) is 0 Å². The highest BCUT2D eigenvalue weighted by Gasteiger charge is 2.27. The second-order valence-electron chi connectivity index (χ2n) is 20.0. The van der Waals surface area contributed by atoms with Gasteiger partial charge in [-0.2, -0.15) is 0 Å². The number of hydrogen-bond acceptors (Lipinski definition) is 16. The molecule has 0 aliphatic carbocycles. The highest BCUT2D eigenvalue weighted by molar-refractivity contribution is 5.55. The monoisotopic (exact) mass is 1060 g/mol. The molecule has 0 aliphatic heterocycles. The van der Waals surface area contributed by atoms with Gasteiger partial charge in [-0.3, -0.25) is 0 Å². The summed E-state index contributed by atoms with van der Waals surface area (Å²) in [6, 6.07) is 32.3. The minimum absolute atomic E-state index is 0.00680. The Balaban J connectivity index is 1.11. The van der Waals surface area contributed by atoms with Crippen LogP contribution in [0, 0.1) is 5.92 Å². The lowest BCUT2D eigenvalue weighted by molar-refractivity contribution is 0.367. The Morgan fingerprint density at radius 3 is 0.821 bits per heavy atom. The SMILES string of the molecule is Oc1cc(CC[C@H](Cc2ccc(CCc3cc(O)c(O)c(O)c3)c(O)c2)[C@@H](Cc2ccc(CCc3cc(O)c(O)c(O)c3)c(O)c2)c2ccc(CCc3cc(O)c(O)c(O)c3)c(O)c2)ccc1CCc1cc(O)c(O)c(O)c1. The molecule has 16 N–H and O–H groups in total. The molecule has 16 heteroatoms. The standard InChI is InChI=1S/C62H62O16/c63-47-21-33(1-9-40(47)12-5-36-24-51(67)59(75)52(68)25-36)2-16-44(19-34-3-10-41(48(64)22-34)13-6-37-26-53(69)60(76)54(70)27-37)46(45-18-17-43(50(66)32-45)15-8-39-30-57(73)62(78)58(74)31-39)20-35-4-11-42(49(65)23-35)14-7-38-28-55(71)61(77)56(72)29-38/h1,3-4,9-11,17-18,21-32,44,46,63-78H,2,5-8,12-16,19-20H2/t44-,46-/m1/s1. The van der Waals surface area contributed by atoms with Gasteiger partial charge in [0.05, 0.1) is 0 Å². The molecule has 8 aromatic rings. The van der Waals surface area contributed by atoms with Gasteiger partial charge in [-0.25, -0.2) is 0 Å². The molecule has 0 saturated heterocycles. The van der Waals surface area contributed by atoms with Crippen LogP contribution in [0.2, 0.25) is 0 Å². The molecule has 0 amide bonds. The minimum atomic E-state index is -0.632. The van der Waals surface area contributed by atoms with Gasteiger partial charge in [0.1, 0.15) is 23.0 Å². The second-order valence-corrected chi connectivity index (χ2v) is 20.0. The van der Waals surface area contributed by atoms with Crippen LogP contribution in [0.5, 0.6) is 92.0 Å². The molecule has 0 aromatic heterocycles. The van der Waals surface area contributed by atoms with Crippen molar-refractivity contribution in [3.05, 3.63) is 188 Å². The molecule has 0 saturated carbocycles. The molecule has 16 nitrogen and oxygen atoms in total. The molecule has 0 heterocycles. The molecule has 0 fully saturated rings. The van der Waals surface area contributed by atoms with Crippen molar-refractivity contribution in [1.82, 2.24) is 0 Å². The van der Waals surface area contributed by atoms with E-state index >= 15 is 0 Å². The third-order valence-electron chi connectivity index (χ3n) is 14.6. The fourth-order valence-corrected chi connectivity index (χ4v) is 10.1. The van der Waals surface area contributed by atoms with Crippen molar-refractivity contribution < 1.29 is 81.7 Å². The van der Waals surface area contributed by atoms with E-state index in [9.17, 15) is 81.7 Å². The summed E-state index contributed by atoms with van der Waals surface area (Å²) >= 11 is 0. The number of hydrogen-bond donors (Lipinski definition) is 16. The Hall–Kier alpha value is -9.44. The molecular formula is C62H62O16. The third-order valence-corrected chi connectivity index (χ3v) is 14.6. The Morgan fingerprint density at radius 2 is 0.500 bits per heavy atom. The first kappa shape index (κ1) is 54.8. The van der Waals surface area contributed by atoms with Crippen molar-refractivity contribution >= 4 is 0 Å². The van der Waals surface area contributed by atoms with Crippen molar-refractivity contribution in [2.24, 2.45) is 5.92 Å². The molecule has 0 aliphatic rings. The van der Waals surface area contributed by atoms with Crippen LogP contribution >= 0.6 is 0 Å². The molecule has 8 aromatic carbocycles. The lowest BCUT2D eigenvalue weighted by atomic mass is 9.75. The number of aryl methyl sites for hydroxylation is 9. The fraction of sp³-hybridized carbons (Fsp3) is 0.226. The molecule has 8 rings (SSSR count). The van der Waals surface area contributed by atoms with E-state index in [-0.39, 0.29) is 34.8 Å². The Labute approximate surface area is 449 Å². The van der Waals surface area contributed by atoms with Gasteiger partial charge in [-0.1, -0.05) is 48.5 Å². The zero-order valence-electron chi connectivity index (χ0n) is 42.3. The van der Waals surface area contributed by atoms with E-state index in [4.69, 9.17) is 0 Å². The van der Waals surface area contributed by atoms with E-state index in [1.165, 1.54) is 48.5 Å². The summed E-state index contributed by atoms with van der Waals surface area (Å²) in [6.45, 7) is 0. The van der Waals surface area contributed by atoms with Gasteiger partial charge in [0.25, 0.3) is 0 Å². The van der Waals surface area contributed by atoms with Gasteiger partial charge >= 0.3 is 0 Å². The number of benzene rings is 8. The van der Waals surface area contributed by atoms with Crippen LogP contribution in [0.15, 0.2) is 121 Å². The highest BCUT2D eigenvalue weighted by atomic mass is 16.3. The molecule has 0 bridgehead atoms. The predicted molar refractivity (Wildman–Crippen MR) is 290 cm³/mol. The maximum Gasteiger partial charge on any atom is 0.200 e. The van der Waals surface area contributed by atoms with E-state index in [1.54, 1.807) is 42.5 Å². The Morgan fingerprint density at radius 1 is 0.231 bits per heavy atom. The van der Waals surface area contributed by atoms with E-state index < -0.39 is 69.0 Å². The first-order valence-corrected chi connectivity index (χ1v) is 25.4. The third kappa shape index (κ3) is 13.1. The van der Waals surface area contributed by atoms with E-state index in [0.717, 1.165) is 22.3 Å². The minimum Gasteiger partial charge on any atom is -0.508 e. The van der Waals surface area contributed by atoms with Gasteiger partial charge < -0.3 is 81.7 Å². The summed E-state index contributed by atoms with van der Waals surface area (Å²) in [6.07, 6.45) is 4.35. The van der Waals surface area contributed by atoms with E-state index in [1.807, 2.05) is 30.3 Å².